The van der Waals surface area contributed by atoms with E-state index >= 15 is 0 Å². The maximum absolute atomic E-state index is 10.7. The molecule has 6 heteroatoms. The summed E-state index contributed by atoms with van der Waals surface area (Å²) in [7, 11) is 0. The van der Waals surface area contributed by atoms with Gasteiger partial charge in [0.05, 0.1) is 22.2 Å². The van der Waals surface area contributed by atoms with Crippen LogP contribution in [0.3, 0.4) is 0 Å². The molecule has 1 rings (SSSR count). The first-order chi connectivity index (χ1) is 7.91. The summed E-state index contributed by atoms with van der Waals surface area (Å²) >= 11 is 5.86. The Morgan fingerprint density at radius 2 is 2.06 bits per heavy atom. The van der Waals surface area contributed by atoms with Crippen LogP contribution in [-0.2, 0) is 4.79 Å². The van der Waals surface area contributed by atoms with Gasteiger partial charge in [0.1, 0.15) is 0 Å². The Morgan fingerprint density at radius 3 is 2.53 bits per heavy atom. The van der Waals surface area contributed by atoms with E-state index in [0.717, 1.165) is 0 Å². The number of anilines is 1. The van der Waals surface area contributed by atoms with Gasteiger partial charge in [-0.05, 0) is 18.2 Å². The summed E-state index contributed by atoms with van der Waals surface area (Å²) in [6.07, 6.45) is 0. The van der Waals surface area contributed by atoms with E-state index in [1.165, 1.54) is 18.2 Å². The fraction of sp³-hybridized carbons (Fsp3) is 0.273. The molecule has 5 nitrogen and oxygen atoms in total. The van der Waals surface area contributed by atoms with Crippen molar-refractivity contribution in [3.8, 4) is 0 Å². The monoisotopic (exact) mass is 257 g/mol. The van der Waals surface area contributed by atoms with Crippen molar-refractivity contribution < 1.29 is 19.8 Å². The van der Waals surface area contributed by atoms with Crippen molar-refractivity contribution >= 4 is 29.2 Å². The molecule has 0 aromatic heterocycles. The largest absolute Gasteiger partial charge is 0.481 e. The Hall–Kier alpha value is -1.75. The molecule has 3 N–H and O–H groups in total. The Balaban J connectivity index is 2.73. The number of aliphatic carboxylic acids is 1. The molecular formula is C11H12ClNO4. The van der Waals surface area contributed by atoms with Crippen molar-refractivity contribution in [2.75, 3.05) is 11.9 Å². The minimum atomic E-state index is -1.06. The Kier molecular flexibility index (Phi) is 4.34. The van der Waals surface area contributed by atoms with Crippen LogP contribution in [0.15, 0.2) is 18.2 Å². The lowest BCUT2D eigenvalue weighted by Gasteiger charge is -2.11. The second-order valence-corrected chi connectivity index (χ2v) is 4.03. The molecule has 0 amide bonds. The topological polar surface area (TPSA) is 86.6 Å². The lowest BCUT2D eigenvalue weighted by Crippen LogP contribution is -2.19. The molecule has 1 atom stereocenters. The van der Waals surface area contributed by atoms with E-state index in [-0.39, 0.29) is 17.1 Å². The van der Waals surface area contributed by atoms with E-state index in [0.29, 0.717) is 5.69 Å². The second-order valence-electron chi connectivity index (χ2n) is 3.62. The number of nitrogens with one attached hydrogen (secondary N) is 1. The molecule has 0 aliphatic rings. The van der Waals surface area contributed by atoms with Crippen molar-refractivity contribution in [2.24, 2.45) is 5.92 Å². The van der Waals surface area contributed by atoms with Crippen LogP contribution < -0.4 is 5.32 Å². The van der Waals surface area contributed by atoms with Gasteiger partial charge in [-0.1, -0.05) is 18.5 Å². The lowest BCUT2D eigenvalue weighted by atomic mass is 10.1. The van der Waals surface area contributed by atoms with Crippen LogP contribution in [0.25, 0.3) is 0 Å². The smallest absolute Gasteiger partial charge is 0.335 e. The van der Waals surface area contributed by atoms with Gasteiger partial charge in [0, 0.05) is 6.54 Å². The Morgan fingerprint density at radius 1 is 1.41 bits per heavy atom. The van der Waals surface area contributed by atoms with Gasteiger partial charge in [-0.2, -0.15) is 0 Å². The van der Waals surface area contributed by atoms with Gasteiger partial charge >= 0.3 is 11.9 Å². The van der Waals surface area contributed by atoms with E-state index in [1.54, 1.807) is 6.92 Å². The SMILES string of the molecule is CC(CNc1ccc(C(=O)O)cc1Cl)C(=O)O. The van der Waals surface area contributed by atoms with Crippen LogP contribution in [0.5, 0.6) is 0 Å². The highest BCUT2D eigenvalue weighted by atomic mass is 35.5. The quantitative estimate of drug-likeness (QED) is 0.753. The molecule has 0 aliphatic carbocycles. The molecule has 0 saturated heterocycles. The van der Waals surface area contributed by atoms with Crippen LogP contribution >= 0.6 is 11.6 Å². The third kappa shape index (κ3) is 3.64. The molecule has 1 unspecified atom stereocenters. The van der Waals surface area contributed by atoms with E-state index in [2.05, 4.69) is 5.32 Å². The first kappa shape index (κ1) is 13.3. The summed E-state index contributed by atoms with van der Waals surface area (Å²) < 4.78 is 0. The molecule has 17 heavy (non-hydrogen) atoms. The summed E-state index contributed by atoms with van der Waals surface area (Å²) in [4.78, 5) is 21.3. The molecule has 0 heterocycles. The minimum absolute atomic E-state index is 0.0897. The van der Waals surface area contributed by atoms with Crippen LogP contribution in [0, 0.1) is 5.92 Å². The average molecular weight is 258 g/mol. The van der Waals surface area contributed by atoms with Crippen LogP contribution in [0.2, 0.25) is 5.02 Å². The molecule has 0 saturated carbocycles. The van der Waals surface area contributed by atoms with Crippen molar-refractivity contribution in [3.63, 3.8) is 0 Å². The molecule has 1 aromatic carbocycles. The fourth-order valence-corrected chi connectivity index (χ4v) is 1.39. The van der Waals surface area contributed by atoms with Crippen LogP contribution in [0.1, 0.15) is 17.3 Å². The third-order valence-electron chi connectivity index (χ3n) is 2.24. The first-order valence-electron chi connectivity index (χ1n) is 4.91. The summed E-state index contributed by atoms with van der Waals surface area (Å²) in [5, 5.41) is 20.5. The maximum atomic E-state index is 10.7. The molecule has 0 fully saturated rings. The number of hydrogen-bond donors (Lipinski definition) is 3. The number of carboxylic acid groups (broad SMARTS) is 2. The van der Waals surface area contributed by atoms with E-state index < -0.39 is 17.9 Å². The number of carbonyl (C=O) groups is 2. The number of hydrogen-bond acceptors (Lipinski definition) is 3. The molecule has 0 radical (unpaired) electrons. The fourth-order valence-electron chi connectivity index (χ4n) is 1.14. The summed E-state index contributed by atoms with van der Waals surface area (Å²) in [5.41, 5.74) is 0.608. The number of benzene rings is 1. The minimum Gasteiger partial charge on any atom is -0.481 e. The van der Waals surface area contributed by atoms with E-state index in [1.807, 2.05) is 0 Å². The zero-order valence-electron chi connectivity index (χ0n) is 9.11. The normalized spacial score (nSPS) is 11.9. The summed E-state index contributed by atoms with van der Waals surface area (Å²) in [5.74, 6) is -2.52. The van der Waals surface area contributed by atoms with Crippen molar-refractivity contribution in [2.45, 2.75) is 6.92 Å². The molecule has 0 bridgehead atoms. The van der Waals surface area contributed by atoms with Crippen LogP contribution in [0.4, 0.5) is 5.69 Å². The van der Waals surface area contributed by atoms with Gasteiger partial charge < -0.3 is 15.5 Å². The molecule has 1 aromatic rings. The van der Waals surface area contributed by atoms with Gasteiger partial charge in [0.2, 0.25) is 0 Å². The van der Waals surface area contributed by atoms with Crippen molar-refractivity contribution in [3.05, 3.63) is 28.8 Å². The molecule has 0 spiro atoms. The highest BCUT2D eigenvalue weighted by molar-refractivity contribution is 6.33. The zero-order valence-corrected chi connectivity index (χ0v) is 9.86. The average Bonchev–Trinajstić information content (AvgIpc) is 2.26. The number of halogens is 1. The Bertz CT molecular complexity index is 447. The highest BCUT2D eigenvalue weighted by Gasteiger charge is 2.12. The maximum Gasteiger partial charge on any atom is 0.335 e. The lowest BCUT2D eigenvalue weighted by molar-refractivity contribution is -0.140. The van der Waals surface area contributed by atoms with Gasteiger partial charge in [0.25, 0.3) is 0 Å². The molecule has 0 aliphatic heterocycles. The number of rotatable bonds is 5. The zero-order chi connectivity index (χ0) is 13.0. The Labute approximate surface area is 103 Å². The van der Waals surface area contributed by atoms with Gasteiger partial charge in [-0.25, -0.2) is 4.79 Å². The molecular weight excluding hydrogens is 246 g/mol. The number of aromatic carboxylic acids is 1. The van der Waals surface area contributed by atoms with Crippen LogP contribution in [-0.4, -0.2) is 28.7 Å². The van der Waals surface area contributed by atoms with Gasteiger partial charge in [-0.3, -0.25) is 4.79 Å². The van der Waals surface area contributed by atoms with Gasteiger partial charge in [0.15, 0.2) is 0 Å². The van der Waals surface area contributed by atoms with Crippen molar-refractivity contribution in [1.29, 1.82) is 0 Å². The molecule has 92 valence electrons. The summed E-state index contributed by atoms with van der Waals surface area (Å²) in [6, 6.07) is 4.24. The summed E-state index contributed by atoms with van der Waals surface area (Å²) in [6.45, 7) is 1.79. The van der Waals surface area contributed by atoms with E-state index in [4.69, 9.17) is 21.8 Å². The predicted molar refractivity (Wildman–Crippen MR) is 63.7 cm³/mol. The predicted octanol–water partition coefficient (Wildman–Crippen LogP) is 2.17. The number of carboxylic acids is 2. The highest BCUT2D eigenvalue weighted by Crippen LogP contribution is 2.23. The standard InChI is InChI=1S/C11H12ClNO4/c1-6(10(14)15)5-13-9-3-2-7(11(16)17)4-8(9)12/h2-4,6,13H,5H2,1H3,(H,14,15)(H,16,17). The third-order valence-corrected chi connectivity index (χ3v) is 2.55. The van der Waals surface area contributed by atoms with Crippen molar-refractivity contribution in [1.82, 2.24) is 0 Å². The van der Waals surface area contributed by atoms with Gasteiger partial charge in [-0.15, -0.1) is 0 Å². The first-order valence-corrected chi connectivity index (χ1v) is 5.29. The van der Waals surface area contributed by atoms with E-state index in [9.17, 15) is 9.59 Å². The second kappa shape index (κ2) is 5.54.